The summed E-state index contributed by atoms with van der Waals surface area (Å²) in [6, 6.07) is 21.9. The summed E-state index contributed by atoms with van der Waals surface area (Å²) in [6.07, 6.45) is 0. The van der Waals surface area contributed by atoms with E-state index in [0.717, 1.165) is 32.8 Å². The van der Waals surface area contributed by atoms with Crippen molar-refractivity contribution in [2.75, 3.05) is 0 Å². The Bertz CT molecular complexity index is 1370. The highest BCUT2D eigenvalue weighted by Gasteiger charge is 2.48. The molecule has 0 aliphatic carbocycles. The van der Waals surface area contributed by atoms with E-state index in [1.807, 2.05) is 86.8 Å². The Labute approximate surface area is 209 Å². The van der Waals surface area contributed by atoms with Crippen LogP contribution in [0.1, 0.15) is 39.7 Å². The summed E-state index contributed by atoms with van der Waals surface area (Å²) in [5, 5.41) is 9.77. The summed E-state index contributed by atoms with van der Waals surface area (Å²) < 4.78 is 1.69. The second-order valence-electron chi connectivity index (χ2n) is 9.37. The van der Waals surface area contributed by atoms with Crippen molar-refractivity contribution in [2.24, 2.45) is 0 Å². The Morgan fingerprint density at radius 2 is 1.83 bits per heavy atom. The Morgan fingerprint density at radius 1 is 1.03 bits per heavy atom. The summed E-state index contributed by atoms with van der Waals surface area (Å²) in [4.78, 5) is 30.2. The van der Waals surface area contributed by atoms with Gasteiger partial charge in [-0.05, 0) is 49.4 Å². The third-order valence-corrected chi connectivity index (χ3v) is 7.45. The number of aromatic nitrogens is 2. The minimum atomic E-state index is -1.10. The highest BCUT2D eigenvalue weighted by atomic mass is 32.1. The second kappa shape index (κ2) is 9.15. The number of nitrogens with one attached hydrogen (secondary N) is 1. The first-order chi connectivity index (χ1) is 16.8. The number of amides is 2. The molecule has 3 heterocycles. The van der Waals surface area contributed by atoms with Crippen molar-refractivity contribution < 1.29 is 9.59 Å². The van der Waals surface area contributed by atoms with Gasteiger partial charge in [0, 0.05) is 13.1 Å². The first-order valence-corrected chi connectivity index (χ1v) is 12.5. The molecule has 7 heteroatoms. The minimum Gasteiger partial charge on any atom is -0.350 e. The second-order valence-corrected chi connectivity index (χ2v) is 10.3. The molecule has 1 aliphatic heterocycles. The van der Waals surface area contributed by atoms with Crippen LogP contribution in [0.4, 0.5) is 0 Å². The molecule has 0 radical (unpaired) electrons. The fourth-order valence-corrected chi connectivity index (χ4v) is 5.19. The minimum absolute atomic E-state index is 0.194. The molecule has 2 aromatic carbocycles. The van der Waals surface area contributed by atoms with Crippen molar-refractivity contribution >= 4 is 23.2 Å². The Morgan fingerprint density at radius 3 is 2.54 bits per heavy atom. The van der Waals surface area contributed by atoms with E-state index in [2.05, 4.69) is 11.4 Å². The van der Waals surface area contributed by atoms with E-state index in [0.29, 0.717) is 18.8 Å². The van der Waals surface area contributed by atoms with Gasteiger partial charge in [0.15, 0.2) is 0 Å². The third-order valence-electron chi connectivity index (χ3n) is 6.56. The lowest BCUT2D eigenvalue weighted by Crippen LogP contribution is -2.63. The van der Waals surface area contributed by atoms with Gasteiger partial charge in [-0.1, -0.05) is 65.7 Å². The summed E-state index contributed by atoms with van der Waals surface area (Å²) in [5.41, 5.74) is 4.45. The number of carbonyl (C=O) groups excluding carboxylic acids is 2. The number of thiophene rings is 1. The topological polar surface area (TPSA) is 67.2 Å². The van der Waals surface area contributed by atoms with Crippen molar-refractivity contribution in [3.05, 3.63) is 100 Å². The fraction of sp³-hybridized carbons (Fsp3) is 0.250. The summed E-state index contributed by atoms with van der Waals surface area (Å²) in [5.74, 6) is -0.390. The van der Waals surface area contributed by atoms with E-state index >= 15 is 0 Å². The lowest BCUT2D eigenvalue weighted by Gasteiger charge is -2.43. The standard InChI is InChI=1S/C28H28N4O2S/c1-19-9-11-21(12-10-19)17-31-26(33)24-15-23(25-8-5-13-35-25)30-32(24)18-28(31,3)27(34)29-16-22-7-4-6-20(2)14-22/h4-15H,16-18H2,1-3H3,(H,29,34). The lowest BCUT2D eigenvalue weighted by molar-refractivity contribution is -0.133. The van der Waals surface area contributed by atoms with E-state index in [-0.39, 0.29) is 18.4 Å². The average Bonchev–Trinajstić information content (AvgIpc) is 3.51. The number of carbonyl (C=O) groups is 2. The monoisotopic (exact) mass is 484 g/mol. The van der Waals surface area contributed by atoms with E-state index in [1.165, 1.54) is 0 Å². The molecule has 2 amide bonds. The zero-order valence-electron chi connectivity index (χ0n) is 20.1. The molecule has 0 bridgehead atoms. The fourth-order valence-electron chi connectivity index (χ4n) is 4.51. The molecule has 2 aromatic heterocycles. The zero-order chi connectivity index (χ0) is 24.6. The first kappa shape index (κ1) is 23.1. The molecule has 1 unspecified atom stereocenters. The molecule has 1 aliphatic rings. The van der Waals surface area contributed by atoms with Gasteiger partial charge in [0.05, 0.1) is 11.4 Å². The van der Waals surface area contributed by atoms with Crippen LogP contribution in [0.15, 0.2) is 72.1 Å². The van der Waals surface area contributed by atoms with E-state index < -0.39 is 5.54 Å². The van der Waals surface area contributed by atoms with Crippen molar-refractivity contribution in [1.82, 2.24) is 20.0 Å². The molecule has 0 spiro atoms. The highest BCUT2D eigenvalue weighted by Crippen LogP contribution is 2.32. The number of rotatable bonds is 6. The molecule has 1 atom stereocenters. The van der Waals surface area contributed by atoms with E-state index in [1.54, 1.807) is 20.9 Å². The molecule has 1 N–H and O–H groups in total. The van der Waals surface area contributed by atoms with Gasteiger partial charge in [0.2, 0.25) is 5.91 Å². The predicted octanol–water partition coefficient (Wildman–Crippen LogP) is 4.96. The van der Waals surface area contributed by atoms with Gasteiger partial charge in [-0.25, -0.2) is 0 Å². The molecule has 178 valence electrons. The zero-order valence-corrected chi connectivity index (χ0v) is 20.9. The normalized spacial score (nSPS) is 17.3. The molecule has 4 aromatic rings. The van der Waals surface area contributed by atoms with Gasteiger partial charge in [0.25, 0.3) is 5.91 Å². The summed E-state index contributed by atoms with van der Waals surface area (Å²) in [6.45, 7) is 6.91. The van der Waals surface area contributed by atoms with Gasteiger partial charge in [-0.15, -0.1) is 11.3 Å². The van der Waals surface area contributed by atoms with Gasteiger partial charge in [0.1, 0.15) is 16.9 Å². The third kappa shape index (κ3) is 4.51. The SMILES string of the molecule is Cc1ccc(CN2C(=O)c3cc(-c4cccs4)nn3CC2(C)C(=O)NCc2cccc(C)c2)cc1. The number of hydrogen-bond acceptors (Lipinski definition) is 4. The van der Waals surface area contributed by atoms with Crippen molar-refractivity contribution in [2.45, 2.75) is 45.9 Å². The van der Waals surface area contributed by atoms with Crippen molar-refractivity contribution in [1.29, 1.82) is 0 Å². The van der Waals surface area contributed by atoms with Gasteiger partial charge in [-0.2, -0.15) is 5.10 Å². The molecule has 0 saturated heterocycles. The largest absolute Gasteiger partial charge is 0.350 e. The highest BCUT2D eigenvalue weighted by molar-refractivity contribution is 7.13. The van der Waals surface area contributed by atoms with Crippen LogP contribution in [0, 0.1) is 13.8 Å². The predicted molar refractivity (Wildman–Crippen MR) is 138 cm³/mol. The molecule has 0 fully saturated rings. The average molecular weight is 485 g/mol. The number of benzene rings is 2. The Kier molecular flexibility index (Phi) is 6.03. The van der Waals surface area contributed by atoms with Gasteiger partial charge >= 0.3 is 0 Å². The smallest absolute Gasteiger partial charge is 0.273 e. The summed E-state index contributed by atoms with van der Waals surface area (Å²) >= 11 is 1.58. The van der Waals surface area contributed by atoms with E-state index in [9.17, 15) is 9.59 Å². The van der Waals surface area contributed by atoms with Crippen molar-refractivity contribution in [3.8, 4) is 10.6 Å². The number of aryl methyl sites for hydroxylation is 2. The molecule has 6 nitrogen and oxygen atoms in total. The van der Waals surface area contributed by atoms with Crippen LogP contribution in [0.2, 0.25) is 0 Å². The van der Waals surface area contributed by atoms with Crippen LogP contribution in [0.25, 0.3) is 10.6 Å². The number of nitrogens with zero attached hydrogens (tertiary/aromatic N) is 3. The first-order valence-electron chi connectivity index (χ1n) is 11.7. The maximum Gasteiger partial charge on any atom is 0.273 e. The van der Waals surface area contributed by atoms with Crippen LogP contribution in [-0.4, -0.2) is 32.0 Å². The number of hydrogen-bond donors (Lipinski definition) is 1. The Balaban J connectivity index is 1.48. The molecule has 5 rings (SSSR count). The maximum atomic E-state index is 13.8. The van der Waals surface area contributed by atoms with Gasteiger partial charge in [-0.3, -0.25) is 14.3 Å². The van der Waals surface area contributed by atoms with E-state index in [4.69, 9.17) is 5.10 Å². The number of fused-ring (bicyclic) bond motifs is 1. The van der Waals surface area contributed by atoms with Crippen LogP contribution in [0.5, 0.6) is 0 Å². The molecule has 35 heavy (non-hydrogen) atoms. The molecular weight excluding hydrogens is 456 g/mol. The van der Waals surface area contributed by atoms with Crippen LogP contribution in [-0.2, 0) is 24.4 Å². The lowest BCUT2D eigenvalue weighted by atomic mass is 9.94. The quantitative estimate of drug-likeness (QED) is 0.421. The molecule has 0 saturated carbocycles. The summed E-state index contributed by atoms with van der Waals surface area (Å²) in [7, 11) is 0. The van der Waals surface area contributed by atoms with Crippen LogP contribution < -0.4 is 5.32 Å². The maximum absolute atomic E-state index is 13.8. The molecular formula is C28H28N4O2S. The van der Waals surface area contributed by atoms with Crippen LogP contribution in [0.3, 0.4) is 0 Å². The van der Waals surface area contributed by atoms with Crippen molar-refractivity contribution in [3.63, 3.8) is 0 Å². The van der Waals surface area contributed by atoms with Crippen LogP contribution >= 0.6 is 11.3 Å². The van der Waals surface area contributed by atoms with Gasteiger partial charge < -0.3 is 10.2 Å². The Hall–Kier alpha value is -3.71.